The molecule has 1 amide bonds. The molecule has 0 saturated carbocycles. The van der Waals surface area contributed by atoms with E-state index >= 15 is 0 Å². The van der Waals surface area contributed by atoms with Crippen LogP contribution in [0.2, 0.25) is 0 Å². The average molecular weight is 342 g/mol. The second kappa shape index (κ2) is 7.79. The molecule has 1 aromatic rings. The fourth-order valence-electron chi connectivity index (χ4n) is 2.06. The Labute approximate surface area is 138 Å². The van der Waals surface area contributed by atoms with Crippen molar-refractivity contribution in [2.75, 3.05) is 26.5 Å². The summed E-state index contributed by atoms with van der Waals surface area (Å²) in [5, 5.41) is 2.77. The fourth-order valence-corrected chi connectivity index (χ4v) is 2.84. The lowest BCUT2D eigenvalue weighted by atomic mass is 10.1. The van der Waals surface area contributed by atoms with Gasteiger partial charge < -0.3 is 10.1 Å². The van der Waals surface area contributed by atoms with E-state index in [2.05, 4.69) is 5.32 Å². The minimum Gasteiger partial charge on any atom is -0.497 e. The minimum absolute atomic E-state index is 0.180. The van der Waals surface area contributed by atoms with Gasteiger partial charge in [0.15, 0.2) is 0 Å². The second-order valence-corrected chi connectivity index (χ2v) is 8.48. The zero-order valence-electron chi connectivity index (χ0n) is 14.4. The Kier molecular flexibility index (Phi) is 6.58. The summed E-state index contributed by atoms with van der Waals surface area (Å²) in [6, 6.07) is 7.44. The van der Waals surface area contributed by atoms with Crippen LogP contribution in [0.1, 0.15) is 26.3 Å². The van der Waals surface area contributed by atoms with Crippen LogP contribution in [-0.4, -0.2) is 50.6 Å². The normalized spacial score (nSPS) is 12.3. The molecule has 0 heterocycles. The van der Waals surface area contributed by atoms with Gasteiger partial charge in [0.2, 0.25) is 15.9 Å². The number of benzene rings is 1. The maximum atomic E-state index is 12.0. The van der Waals surface area contributed by atoms with Crippen LogP contribution in [0.5, 0.6) is 5.75 Å². The van der Waals surface area contributed by atoms with E-state index in [0.717, 1.165) is 17.6 Å². The van der Waals surface area contributed by atoms with E-state index in [4.69, 9.17) is 4.74 Å². The van der Waals surface area contributed by atoms with Gasteiger partial charge in [0.1, 0.15) is 5.75 Å². The summed E-state index contributed by atoms with van der Waals surface area (Å²) in [7, 11) is -1.88. The molecule has 0 atom stereocenters. The number of amides is 1. The van der Waals surface area contributed by atoms with E-state index in [-0.39, 0.29) is 19.0 Å². The molecule has 0 spiro atoms. The van der Waals surface area contributed by atoms with Crippen LogP contribution in [0.25, 0.3) is 0 Å². The Hall–Kier alpha value is -1.60. The van der Waals surface area contributed by atoms with Crippen molar-refractivity contribution in [2.45, 2.75) is 32.7 Å². The molecule has 0 unspecified atom stereocenters. The van der Waals surface area contributed by atoms with Crippen LogP contribution in [-0.2, 0) is 21.2 Å². The third kappa shape index (κ3) is 7.47. The molecule has 1 aromatic carbocycles. The number of sulfonamides is 1. The largest absolute Gasteiger partial charge is 0.497 e. The Morgan fingerprint density at radius 3 is 2.48 bits per heavy atom. The van der Waals surface area contributed by atoms with Crippen LogP contribution in [0, 0.1) is 0 Å². The number of rotatable bonds is 7. The highest BCUT2D eigenvalue weighted by Crippen LogP contribution is 2.14. The summed E-state index contributed by atoms with van der Waals surface area (Å²) in [5.74, 6) is 0.410. The van der Waals surface area contributed by atoms with E-state index in [1.165, 1.54) is 4.31 Å². The molecule has 0 saturated heterocycles. The molecule has 7 heteroatoms. The number of nitrogens with one attached hydrogen (secondary N) is 1. The molecule has 23 heavy (non-hydrogen) atoms. The molecule has 0 radical (unpaired) electrons. The van der Waals surface area contributed by atoms with Crippen molar-refractivity contribution < 1.29 is 17.9 Å². The Bertz CT molecular complexity index is 636. The standard InChI is InChI=1S/C16H26N2O4S/c1-16(2,3)17-15(19)12-18(23(5,20)21)10-9-13-7-6-8-14(11-13)22-4/h6-8,11H,9-10,12H2,1-5H3,(H,17,19). The van der Waals surface area contributed by atoms with E-state index in [0.29, 0.717) is 6.42 Å². The summed E-state index contributed by atoms with van der Waals surface area (Å²) < 4.78 is 30.1. The zero-order valence-corrected chi connectivity index (χ0v) is 15.2. The topological polar surface area (TPSA) is 75.7 Å². The first-order valence-electron chi connectivity index (χ1n) is 7.40. The predicted molar refractivity (Wildman–Crippen MR) is 91.0 cm³/mol. The van der Waals surface area contributed by atoms with Crippen LogP contribution >= 0.6 is 0 Å². The van der Waals surface area contributed by atoms with Gasteiger partial charge in [0, 0.05) is 12.1 Å². The molecule has 1 rings (SSSR count). The van der Waals surface area contributed by atoms with Gasteiger partial charge >= 0.3 is 0 Å². The van der Waals surface area contributed by atoms with Crippen LogP contribution in [0.15, 0.2) is 24.3 Å². The summed E-state index contributed by atoms with van der Waals surface area (Å²) >= 11 is 0. The number of carbonyl (C=O) groups is 1. The monoisotopic (exact) mass is 342 g/mol. The molecule has 0 aliphatic rings. The lowest BCUT2D eigenvalue weighted by Gasteiger charge is -2.24. The molecule has 1 N–H and O–H groups in total. The van der Waals surface area contributed by atoms with Crippen LogP contribution < -0.4 is 10.1 Å². The van der Waals surface area contributed by atoms with Crippen molar-refractivity contribution in [1.82, 2.24) is 9.62 Å². The van der Waals surface area contributed by atoms with Crippen molar-refractivity contribution in [3.05, 3.63) is 29.8 Å². The summed E-state index contributed by atoms with van der Waals surface area (Å²) in [4.78, 5) is 12.0. The molecule has 6 nitrogen and oxygen atoms in total. The molecular formula is C16H26N2O4S. The van der Waals surface area contributed by atoms with E-state index in [9.17, 15) is 13.2 Å². The molecular weight excluding hydrogens is 316 g/mol. The average Bonchev–Trinajstić information content (AvgIpc) is 2.40. The molecule has 0 aliphatic heterocycles. The maximum Gasteiger partial charge on any atom is 0.235 e. The summed E-state index contributed by atoms with van der Waals surface area (Å²) in [6.45, 7) is 5.62. The highest BCUT2D eigenvalue weighted by atomic mass is 32.2. The zero-order chi connectivity index (χ0) is 17.7. The number of nitrogens with zero attached hydrogens (tertiary/aromatic N) is 1. The number of ether oxygens (including phenoxy) is 1. The van der Waals surface area contributed by atoms with Gasteiger partial charge in [-0.1, -0.05) is 12.1 Å². The summed E-state index contributed by atoms with van der Waals surface area (Å²) in [5.41, 5.74) is 0.557. The van der Waals surface area contributed by atoms with Gasteiger partial charge in [-0.2, -0.15) is 4.31 Å². The fraction of sp³-hybridized carbons (Fsp3) is 0.562. The van der Waals surface area contributed by atoms with Gasteiger partial charge in [-0.15, -0.1) is 0 Å². The molecule has 0 aliphatic carbocycles. The number of hydrogen-bond donors (Lipinski definition) is 1. The quantitative estimate of drug-likeness (QED) is 0.813. The van der Waals surface area contributed by atoms with Crippen LogP contribution in [0.3, 0.4) is 0 Å². The van der Waals surface area contributed by atoms with Crippen molar-refractivity contribution in [3.8, 4) is 5.75 Å². The lowest BCUT2D eigenvalue weighted by Crippen LogP contribution is -2.47. The first-order chi connectivity index (χ1) is 10.5. The van der Waals surface area contributed by atoms with E-state index in [1.54, 1.807) is 7.11 Å². The highest BCUT2D eigenvalue weighted by Gasteiger charge is 2.22. The smallest absolute Gasteiger partial charge is 0.235 e. The van der Waals surface area contributed by atoms with Gasteiger partial charge in [-0.25, -0.2) is 8.42 Å². The van der Waals surface area contributed by atoms with Crippen LogP contribution in [0.4, 0.5) is 0 Å². The Morgan fingerprint density at radius 1 is 1.30 bits per heavy atom. The molecule has 0 bridgehead atoms. The predicted octanol–water partition coefficient (Wildman–Crippen LogP) is 1.41. The van der Waals surface area contributed by atoms with E-state index in [1.807, 2.05) is 45.0 Å². The van der Waals surface area contributed by atoms with Crippen molar-refractivity contribution in [1.29, 1.82) is 0 Å². The lowest BCUT2D eigenvalue weighted by molar-refractivity contribution is -0.122. The van der Waals surface area contributed by atoms with Gasteiger partial charge in [-0.05, 0) is 44.9 Å². The number of carbonyl (C=O) groups excluding carboxylic acids is 1. The van der Waals surface area contributed by atoms with Gasteiger partial charge in [0.05, 0.1) is 19.9 Å². The Morgan fingerprint density at radius 2 is 1.96 bits per heavy atom. The number of hydrogen-bond acceptors (Lipinski definition) is 4. The van der Waals surface area contributed by atoms with Gasteiger partial charge in [0.25, 0.3) is 0 Å². The van der Waals surface area contributed by atoms with Crippen molar-refractivity contribution in [3.63, 3.8) is 0 Å². The SMILES string of the molecule is COc1cccc(CCN(CC(=O)NC(C)(C)C)S(C)(=O)=O)c1. The number of methoxy groups -OCH3 is 1. The highest BCUT2D eigenvalue weighted by molar-refractivity contribution is 7.88. The second-order valence-electron chi connectivity index (χ2n) is 6.50. The third-order valence-electron chi connectivity index (χ3n) is 3.09. The maximum absolute atomic E-state index is 12.0. The molecule has 0 fully saturated rings. The van der Waals surface area contributed by atoms with Crippen molar-refractivity contribution in [2.24, 2.45) is 0 Å². The first-order valence-corrected chi connectivity index (χ1v) is 9.25. The Balaban J connectivity index is 2.74. The summed E-state index contributed by atoms with van der Waals surface area (Å²) in [6.07, 6.45) is 1.62. The first kappa shape index (κ1) is 19.4. The van der Waals surface area contributed by atoms with Gasteiger partial charge in [-0.3, -0.25) is 4.79 Å². The minimum atomic E-state index is -3.46. The molecule has 0 aromatic heterocycles. The van der Waals surface area contributed by atoms with Crippen molar-refractivity contribution >= 4 is 15.9 Å². The van der Waals surface area contributed by atoms with E-state index < -0.39 is 15.6 Å². The molecule has 130 valence electrons. The third-order valence-corrected chi connectivity index (χ3v) is 4.34.